The summed E-state index contributed by atoms with van der Waals surface area (Å²) >= 11 is 12.0. The minimum atomic E-state index is -0.471. The summed E-state index contributed by atoms with van der Waals surface area (Å²) in [6.45, 7) is 0. The third kappa shape index (κ3) is 4.39. The molecule has 0 atom stereocenters. The van der Waals surface area contributed by atoms with Crippen molar-refractivity contribution in [3.8, 4) is 22.8 Å². The van der Waals surface area contributed by atoms with E-state index in [9.17, 15) is 9.90 Å². The highest BCUT2D eigenvalue weighted by molar-refractivity contribution is 6.36. The van der Waals surface area contributed by atoms with E-state index < -0.39 is 5.91 Å². The summed E-state index contributed by atoms with van der Waals surface area (Å²) in [6, 6.07) is 11.3. The van der Waals surface area contributed by atoms with Gasteiger partial charge in [0, 0.05) is 10.6 Å². The van der Waals surface area contributed by atoms with E-state index in [0.29, 0.717) is 32.6 Å². The van der Waals surface area contributed by atoms with Crippen LogP contribution in [0.2, 0.25) is 10.0 Å². The lowest BCUT2D eigenvalue weighted by atomic mass is 10.1. The Morgan fingerprint density at radius 2 is 2.07 bits per heavy atom. The second kappa shape index (κ2) is 8.11. The summed E-state index contributed by atoms with van der Waals surface area (Å²) < 4.78 is 5.01. The lowest BCUT2D eigenvalue weighted by Crippen LogP contribution is -2.18. The number of hydrazone groups is 1. The standard InChI is InChI=1S/C18H14Cl2N4O3/c1-27-17-6-10(2-5-16(17)25)9-21-24-18(26)15-8-14(22-23-15)12-4-3-11(19)7-13(12)20/h2-9,25H,1H3,(H,22,23)(H,24,26)/b21-9-. The molecule has 0 aliphatic heterocycles. The highest BCUT2D eigenvalue weighted by atomic mass is 35.5. The maximum atomic E-state index is 12.2. The van der Waals surface area contributed by atoms with E-state index in [0.717, 1.165) is 0 Å². The van der Waals surface area contributed by atoms with Crippen molar-refractivity contribution in [1.82, 2.24) is 15.6 Å². The van der Waals surface area contributed by atoms with Crippen LogP contribution >= 0.6 is 23.2 Å². The van der Waals surface area contributed by atoms with Gasteiger partial charge in [0.2, 0.25) is 0 Å². The predicted octanol–water partition coefficient (Wildman–Crippen LogP) is 3.86. The van der Waals surface area contributed by atoms with E-state index in [4.69, 9.17) is 27.9 Å². The summed E-state index contributed by atoms with van der Waals surface area (Å²) in [4.78, 5) is 12.2. The lowest BCUT2D eigenvalue weighted by Gasteiger charge is -2.03. The van der Waals surface area contributed by atoms with Crippen molar-refractivity contribution in [2.24, 2.45) is 5.10 Å². The number of hydrogen-bond acceptors (Lipinski definition) is 5. The molecule has 0 aliphatic rings. The number of phenolic OH excluding ortho intramolecular Hbond substituents is 1. The molecule has 1 amide bonds. The number of nitrogens with one attached hydrogen (secondary N) is 2. The predicted molar refractivity (Wildman–Crippen MR) is 104 cm³/mol. The van der Waals surface area contributed by atoms with Crippen LogP contribution in [-0.2, 0) is 0 Å². The molecule has 0 fully saturated rings. The van der Waals surface area contributed by atoms with Gasteiger partial charge in [-0.25, -0.2) is 5.43 Å². The largest absolute Gasteiger partial charge is 0.504 e. The number of nitrogens with zero attached hydrogens (tertiary/aromatic N) is 2. The van der Waals surface area contributed by atoms with Crippen LogP contribution in [0.3, 0.4) is 0 Å². The summed E-state index contributed by atoms with van der Waals surface area (Å²) in [6.07, 6.45) is 1.42. The molecule has 7 nitrogen and oxygen atoms in total. The van der Waals surface area contributed by atoms with Gasteiger partial charge in [-0.3, -0.25) is 9.89 Å². The van der Waals surface area contributed by atoms with Crippen LogP contribution in [-0.4, -0.2) is 34.5 Å². The van der Waals surface area contributed by atoms with E-state index in [1.54, 1.807) is 36.4 Å². The van der Waals surface area contributed by atoms with Crippen LogP contribution in [0.5, 0.6) is 11.5 Å². The minimum absolute atomic E-state index is 0.0181. The van der Waals surface area contributed by atoms with Gasteiger partial charge in [0.05, 0.1) is 24.0 Å². The second-order valence-electron chi connectivity index (χ2n) is 5.42. The number of aromatic amines is 1. The van der Waals surface area contributed by atoms with Crippen LogP contribution in [0.25, 0.3) is 11.3 Å². The number of methoxy groups -OCH3 is 1. The summed E-state index contributed by atoms with van der Waals surface area (Å²) in [7, 11) is 1.44. The number of halogens is 2. The fraction of sp³-hybridized carbons (Fsp3) is 0.0556. The van der Waals surface area contributed by atoms with Crippen molar-refractivity contribution in [2.45, 2.75) is 0 Å². The zero-order chi connectivity index (χ0) is 19.4. The Bertz CT molecular complexity index is 1020. The maximum Gasteiger partial charge on any atom is 0.289 e. The van der Waals surface area contributed by atoms with Crippen molar-refractivity contribution >= 4 is 35.3 Å². The first-order valence-corrected chi connectivity index (χ1v) is 8.45. The molecule has 0 radical (unpaired) electrons. The number of aromatic hydroxyl groups is 1. The van der Waals surface area contributed by atoms with Crippen molar-refractivity contribution in [1.29, 1.82) is 0 Å². The van der Waals surface area contributed by atoms with Gasteiger partial charge in [0.25, 0.3) is 5.91 Å². The number of rotatable bonds is 5. The van der Waals surface area contributed by atoms with E-state index in [2.05, 4.69) is 20.7 Å². The Hall–Kier alpha value is -3.03. The molecule has 138 valence electrons. The Labute approximate surface area is 164 Å². The topological polar surface area (TPSA) is 99.6 Å². The SMILES string of the molecule is COc1cc(/C=N\NC(=O)c2cc(-c3ccc(Cl)cc3Cl)n[nH]2)ccc1O. The third-order valence-electron chi connectivity index (χ3n) is 3.61. The molecule has 1 heterocycles. The average molecular weight is 405 g/mol. The van der Waals surface area contributed by atoms with Gasteiger partial charge < -0.3 is 9.84 Å². The summed E-state index contributed by atoms with van der Waals surface area (Å²) in [5, 5.41) is 21.1. The van der Waals surface area contributed by atoms with Gasteiger partial charge in [-0.1, -0.05) is 23.2 Å². The number of H-pyrrole nitrogens is 1. The van der Waals surface area contributed by atoms with Crippen molar-refractivity contribution in [3.05, 3.63) is 63.8 Å². The fourth-order valence-corrected chi connectivity index (χ4v) is 2.78. The Morgan fingerprint density at radius 3 is 2.81 bits per heavy atom. The van der Waals surface area contributed by atoms with Gasteiger partial charge in [0.15, 0.2) is 11.5 Å². The molecule has 3 rings (SSSR count). The van der Waals surface area contributed by atoms with Crippen LogP contribution in [0, 0.1) is 0 Å². The normalized spacial score (nSPS) is 10.9. The molecule has 0 saturated carbocycles. The van der Waals surface area contributed by atoms with Crippen LogP contribution < -0.4 is 10.2 Å². The van der Waals surface area contributed by atoms with Gasteiger partial charge in [-0.05, 0) is 48.0 Å². The Balaban J connectivity index is 1.69. The first kappa shape index (κ1) is 18.8. The number of carbonyl (C=O) groups is 1. The van der Waals surface area contributed by atoms with E-state index in [1.165, 1.54) is 19.4 Å². The number of aromatic nitrogens is 2. The molecule has 3 aromatic rings. The first-order chi connectivity index (χ1) is 13.0. The average Bonchev–Trinajstić information content (AvgIpc) is 3.13. The molecule has 0 unspecified atom stereocenters. The van der Waals surface area contributed by atoms with Crippen molar-refractivity contribution < 1.29 is 14.6 Å². The molecule has 2 aromatic carbocycles. The monoisotopic (exact) mass is 404 g/mol. The minimum Gasteiger partial charge on any atom is -0.504 e. The van der Waals surface area contributed by atoms with Gasteiger partial charge in [0.1, 0.15) is 5.69 Å². The first-order valence-electron chi connectivity index (χ1n) is 7.69. The van der Waals surface area contributed by atoms with Crippen molar-refractivity contribution in [3.63, 3.8) is 0 Å². The molecule has 1 aromatic heterocycles. The number of benzene rings is 2. The van der Waals surface area contributed by atoms with Crippen molar-refractivity contribution in [2.75, 3.05) is 7.11 Å². The molecular formula is C18H14Cl2N4O3. The Kier molecular flexibility index (Phi) is 5.63. The lowest BCUT2D eigenvalue weighted by molar-refractivity contribution is 0.0950. The van der Waals surface area contributed by atoms with Crippen LogP contribution in [0.15, 0.2) is 47.6 Å². The third-order valence-corrected chi connectivity index (χ3v) is 4.16. The summed E-state index contributed by atoms with van der Waals surface area (Å²) in [5.41, 5.74) is 4.41. The highest BCUT2D eigenvalue weighted by Gasteiger charge is 2.12. The van der Waals surface area contributed by atoms with E-state index in [-0.39, 0.29) is 11.4 Å². The molecule has 0 spiro atoms. The van der Waals surface area contributed by atoms with Gasteiger partial charge >= 0.3 is 0 Å². The molecule has 9 heteroatoms. The second-order valence-corrected chi connectivity index (χ2v) is 6.27. The highest BCUT2D eigenvalue weighted by Crippen LogP contribution is 2.29. The molecule has 0 saturated heterocycles. The van der Waals surface area contributed by atoms with Crippen LogP contribution in [0.4, 0.5) is 0 Å². The number of hydrogen-bond donors (Lipinski definition) is 3. The van der Waals surface area contributed by atoms with E-state index >= 15 is 0 Å². The maximum absolute atomic E-state index is 12.2. The molecule has 3 N–H and O–H groups in total. The zero-order valence-electron chi connectivity index (χ0n) is 14.0. The molecule has 0 bridgehead atoms. The van der Waals surface area contributed by atoms with E-state index in [1.807, 2.05) is 0 Å². The fourth-order valence-electron chi connectivity index (χ4n) is 2.27. The summed E-state index contributed by atoms with van der Waals surface area (Å²) in [5.74, 6) is -0.145. The van der Waals surface area contributed by atoms with Gasteiger partial charge in [-0.2, -0.15) is 10.2 Å². The number of amides is 1. The zero-order valence-corrected chi connectivity index (χ0v) is 15.5. The molecular weight excluding hydrogens is 391 g/mol. The molecule has 0 aliphatic carbocycles. The van der Waals surface area contributed by atoms with Crippen LogP contribution in [0.1, 0.15) is 16.1 Å². The Morgan fingerprint density at radius 1 is 1.26 bits per heavy atom. The number of ether oxygens (including phenoxy) is 1. The quantitative estimate of drug-likeness (QED) is 0.443. The van der Waals surface area contributed by atoms with Gasteiger partial charge in [-0.15, -0.1) is 0 Å². The smallest absolute Gasteiger partial charge is 0.289 e. The molecule has 27 heavy (non-hydrogen) atoms. The number of carbonyl (C=O) groups excluding carboxylic acids is 1. The number of phenols is 1.